The third kappa shape index (κ3) is 2.71. The largest absolute Gasteiger partial charge is 0.421 e. The summed E-state index contributed by atoms with van der Waals surface area (Å²) < 4.78 is 5.57. The molecule has 3 aliphatic rings. The number of fused-ring (bicyclic) bond motifs is 6. The lowest BCUT2D eigenvalue weighted by atomic mass is 9.81. The second kappa shape index (κ2) is 6.74. The number of esters is 1. The normalized spacial score (nSPS) is 26.5. The third-order valence-electron chi connectivity index (χ3n) is 7.09. The topological polar surface area (TPSA) is 76.6 Å². The molecule has 0 N–H and O–H groups in total. The lowest BCUT2D eigenvalue weighted by molar-refractivity contribution is -0.123. The van der Waals surface area contributed by atoms with Gasteiger partial charge in [0.25, 0.3) is 0 Å². The molecule has 6 nitrogen and oxygen atoms in total. The molecule has 2 amide bonds. The van der Waals surface area contributed by atoms with E-state index in [-0.39, 0.29) is 23.7 Å². The fourth-order valence-electron chi connectivity index (χ4n) is 5.73. The number of imide groups is 1. The SMILES string of the molecule is O=C(Oc1cccc2cccnc12)c1ccc(N2C(=O)[C@@H]3[C@H]4CC[C@@H](C4)[C@@H]3C2=O)cc1. The van der Waals surface area contributed by atoms with E-state index in [1.807, 2.05) is 24.3 Å². The average molecular weight is 412 g/mol. The summed E-state index contributed by atoms with van der Waals surface area (Å²) in [5, 5.41) is 0.883. The van der Waals surface area contributed by atoms with E-state index >= 15 is 0 Å². The molecule has 1 aliphatic heterocycles. The minimum Gasteiger partial charge on any atom is -0.421 e. The summed E-state index contributed by atoms with van der Waals surface area (Å²) in [4.78, 5) is 44.3. The predicted octanol–water partition coefficient (Wildman–Crippen LogP) is 3.99. The van der Waals surface area contributed by atoms with Crippen molar-refractivity contribution < 1.29 is 19.1 Å². The Kier molecular flexibility index (Phi) is 3.96. The van der Waals surface area contributed by atoms with Crippen LogP contribution in [0.5, 0.6) is 5.75 Å². The summed E-state index contributed by atoms with van der Waals surface area (Å²) >= 11 is 0. The molecule has 3 fully saturated rings. The van der Waals surface area contributed by atoms with E-state index in [1.54, 1.807) is 36.5 Å². The second-order valence-electron chi connectivity index (χ2n) is 8.66. The van der Waals surface area contributed by atoms with Crippen LogP contribution < -0.4 is 9.64 Å². The standard InChI is InChI=1S/C25H20N2O4/c28-23-20-16-6-7-17(13-16)21(20)24(29)27(23)18-10-8-15(9-11-18)25(30)31-19-5-1-3-14-4-2-12-26-22(14)19/h1-5,8-12,16-17,20-21H,6-7,13H2/t16-,17-,20-,21+/m0/s1. The van der Waals surface area contributed by atoms with Crippen molar-refractivity contribution in [2.75, 3.05) is 4.90 Å². The highest BCUT2D eigenvalue weighted by Gasteiger charge is 2.61. The summed E-state index contributed by atoms with van der Waals surface area (Å²) in [6.07, 6.45) is 4.76. The Labute approximate surface area is 178 Å². The quantitative estimate of drug-likeness (QED) is 0.369. The molecule has 2 aliphatic carbocycles. The average Bonchev–Trinajstić information content (AvgIpc) is 3.48. The Morgan fingerprint density at radius 2 is 1.58 bits per heavy atom. The molecule has 0 unspecified atom stereocenters. The van der Waals surface area contributed by atoms with Crippen LogP contribution in [0.2, 0.25) is 0 Å². The first-order valence-corrected chi connectivity index (χ1v) is 10.7. The molecule has 6 heteroatoms. The molecule has 2 heterocycles. The van der Waals surface area contributed by atoms with Gasteiger partial charge in [0.05, 0.1) is 23.1 Å². The number of hydrogen-bond donors (Lipinski definition) is 0. The van der Waals surface area contributed by atoms with E-state index in [2.05, 4.69) is 4.98 Å². The zero-order valence-electron chi connectivity index (χ0n) is 16.7. The lowest BCUT2D eigenvalue weighted by Gasteiger charge is -2.19. The number of carbonyl (C=O) groups is 3. The third-order valence-corrected chi connectivity index (χ3v) is 7.09. The number of carbonyl (C=O) groups excluding carboxylic acids is 3. The van der Waals surface area contributed by atoms with Gasteiger partial charge in [-0.05, 0) is 67.5 Å². The molecule has 2 aromatic carbocycles. The summed E-state index contributed by atoms with van der Waals surface area (Å²) in [5.41, 5.74) is 1.48. The Balaban J connectivity index is 1.24. The van der Waals surface area contributed by atoms with Crippen LogP contribution in [0.3, 0.4) is 0 Å². The first-order valence-electron chi connectivity index (χ1n) is 10.7. The Morgan fingerprint density at radius 3 is 2.29 bits per heavy atom. The Morgan fingerprint density at radius 1 is 0.903 bits per heavy atom. The molecule has 1 saturated heterocycles. The summed E-state index contributed by atoms with van der Waals surface area (Å²) in [5.74, 6) is 0.0855. The van der Waals surface area contributed by atoms with Gasteiger partial charge in [-0.15, -0.1) is 0 Å². The van der Waals surface area contributed by atoms with Gasteiger partial charge in [0.1, 0.15) is 5.52 Å². The van der Waals surface area contributed by atoms with E-state index in [9.17, 15) is 14.4 Å². The number of aromatic nitrogens is 1. The van der Waals surface area contributed by atoms with Gasteiger partial charge in [0.2, 0.25) is 11.8 Å². The lowest BCUT2D eigenvalue weighted by Crippen LogP contribution is -2.32. The molecule has 6 rings (SSSR count). The smallest absolute Gasteiger partial charge is 0.343 e. The highest BCUT2D eigenvalue weighted by Crippen LogP contribution is 2.56. The van der Waals surface area contributed by atoms with Crippen LogP contribution in [-0.2, 0) is 9.59 Å². The monoisotopic (exact) mass is 412 g/mol. The van der Waals surface area contributed by atoms with Gasteiger partial charge >= 0.3 is 5.97 Å². The Bertz CT molecular complexity index is 1200. The van der Waals surface area contributed by atoms with E-state index < -0.39 is 5.97 Å². The zero-order chi connectivity index (χ0) is 21.1. The van der Waals surface area contributed by atoms with Gasteiger partial charge < -0.3 is 4.74 Å². The minimum atomic E-state index is -0.515. The number of ether oxygens (including phenoxy) is 1. The molecule has 154 valence electrons. The zero-order valence-corrected chi connectivity index (χ0v) is 16.7. The fourth-order valence-corrected chi connectivity index (χ4v) is 5.73. The maximum atomic E-state index is 13.0. The first kappa shape index (κ1) is 18.2. The molecule has 0 spiro atoms. The molecule has 3 aromatic rings. The van der Waals surface area contributed by atoms with Crippen molar-refractivity contribution in [2.45, 2.75) is 19.3 Å². The second-order valence-corrected chi connectivity index (χ2v) is 8.66. The van der Waals surface area contributed by atoms with Crippen LogP contribution in [-0.4, -0.2) is 22.8 Å². The van der Waals surface area contributed by atoms with Crippen molar-refractivity contribution in [3.8, 4) is 5.75 Å². The molecule has 2 bridgehead atoms. The molecule has 1 aromatic heterocycles. The van der Waals surface area contributed by atoms with Crippen LogP contribution in [0.25, 0.3) is 10.9 Å². The molecule has 0 radical (unpaired) electrons. The minimum absolute atomic E-state index is 0.0839. The fraction of sp³-hybridized carbons (Fsp3) is 0.280. The summed E-state index contributed by atoms with van der Waals surface area (Å²) in [6.45, 7) is 0. The van der Waals surface area contributed by atoms with Crippen LogP contribution in [0.15, 0.2) is 60.8 Å². The van der Waals surface area contributed by atoms with Gasteiger partial charge in [-0.3, -0.25) is 19.5 Å². The number of nitrogens with zero attached hydrogens (tertiary/aromatic N) is 2. The van der Waals surface area contributed by atoms with Crippen LogP contribution in [0.4, 0.5) is 5.69 Å². The van der Waals surface area contributed by atoms with Crippen molar-refractivity contribution in [1.82, 2.24) is 4.98 Å². The molecule has 31 heavy (non-hydrogen) atoms. The van der Waals surface area contributed by atoms with Crippen molar-refractivity contribution >= 4 is 34.4 Å². The summed E-state index contributed by atoms with van der Waals surface area (Å²) in [7, 11) is 0. The van der Waals surface area contributed by atoms with Gasteiger partial charge in [-0.25, -0.2) is 4.79 Å². The number of hydrogen-bond acceptors (Lipinski definition) is 5. The van der Waals surface area contributed by atoms with Gasteiger partial charge in [0.15, 0.2) is 5.75 Å². The Hall–Kier alpha value is -3.54. The van der Waals surface area contributed by atoms with Gasteiger partial charge in [-0.2, -0.15) is 0 Å². The number of benzene rings is 2. The molecular weight excluding hydrogens is 392 g/mol. The highest BCUT2D eigenvalue weighted by atomic mass is 16.5. The first-order chi connectivity index (χ1) is 15.1. The van der Waals surface area contributed by atoms with Crippen LogP contribution in [0, 0.1) is 23.7 Å². The van der Waals surface area contributed by atoms with Gasteiger partial charge in [-0.1, -0.05) is 18.2 Å². The highest BCUT2D eigenvalue weighted by molar-refractivity contribution is 6.22. The van der Waals surface area contributed by atoms with Crippen molar-refractivity contribution in [1.29, 1.82) is 0 Å². The number of amides is 2. The van der Waals surface area contributed by atoms with Crippen molar-refractivity contribution in [3.63, 3.8) is 0 Å². The number of para-hydroxylation sites is 1. The maximum Gasteiger partial charge on any atom is 0.343 e. The van der Waals surface area contributed by atoms with E-state index in [1.165, 1.54) is 4.90 Å². The van der Waals surface area contributed by atoms with E-state index in [0.717, 1.165) is 24.6 Å². The number of pyridine rings is 1. The molecule has 4 atom stereocenters. The maximum absolute atomic E-state index is 13.0. The van der Waals surface area contributed by atoms with Crippen LogP contribution >= 0.6 is 0 Å². The van der Waals surface area contributed by atoms with E-state index in [4.69, 9.17) is 4.74 Å². The predicted molar refractivity (Wildman–Crippen MR) is 113 cm³/mol. The van der Waals surface area contributed by atoms with E-state index in [0.29, 0.717) is 34.4 Å². The van der Waals surface area contributed by atoms with Crippen molar-refractivity contribution in [3.05, 3.63) is 66.4 Å². The van der Waals surface area contributed by atoms with Crippen LogP contribution in [0.1, 0.15) is 29.6 Å². The van der Waals surface area contributed by atoms with Crippen molar-refractivity contribution in [2.24, 2.45) is 23.7 Å². The van der Waals surface area contributed by atoms with Gasteiger partial charge in [0, 0.05) is 11.6 Å². The number of rotatable bonds is 3. The summed E-state index contributed by atoms with van der Waals surface area (Å²) in [6, 6.07) is 15.6. The number of anilines is 1. The molecular formula is C25H20N2O4. The molecule has 2 saturated carbocycles.